The molecule has 0 rings (SSSR count). The minimum Gasteiger partial charge on any atom is -0.303 e. The molecule has 0 spiro atoms. The van der Waals surface area contributed by atoms with Crippen LogP contribution in [0.3, 0.4) is 0 Å². The summed E-state index contributed by atoms with van der Waals surface area (Å²) in [6.45, 7) is 6.46. The summed E-state index contributed by atoms with van der Waals surface area (Å²) < 4.78 is 0. The number of hydrogen-bond acceptors (Lipinski definition) is 4. The molecule has 4 nitrogen and oxygen atoms in total. The van der Waals surface area contributed by atoms with Gasteiger partial charge in [-0.3, -0.25) is 4.79 Å². The van der Waals surface area contributed by atoms with Crippen LogP contribution in [0.15, 0.2) is 0 Å². The Hall–Kier alpha value is -1.32. The van der Waals surface area contributed by atoms with Gasteiger partial charge in [-0.2, -0.15) is 0 Å². The number of carbonyl (C=O) groups excluding carboxylic acids is 4. The fraction of sp³-hybridized carbons (Fsp3) is 0.692. The largest absolute Gasteiger partial charge is 0.303 e. The highest BCUT2D eigenvalue weighted by molar-refractivity contribution is 5.80. The first-order chi connectivity index (χ1) is 7.34. The van der Waals surface area contributed by atoms with E-state index in [4.69, 9.17) is 0 Å². The zero-order valence-electron chi connectivity index (χ0n) is 10.4. The molecule has 0 aromatic rings. The summed E-state index contributed by atoms with van der Waals surface area (Å²) in [4.78, 5) is 40.3. The van der Waals surface area contributed by atoms with Crippen molar-refractivity contribution in [2.24, 2.45) is 11.8 Å². The van der Waals surface area contributed by atoms with Crippen LogP contribution in [0.1, 0.15) is 48.0 Å². The first-order valence-corrected chi connectivity index (χ1v) is 5.23. The lowest BCUT2D eigenvalue weighted by atomic mass is 10.1. The van der Waals surface area contributed by atoms with Gasteiger partial charge in [0.05, 0.1) is 0 Å². The van der Waals surface area contributed by atoms with E-state index in [9.17, 15) is 19.2 Å². The van der Waals surface area contributed by atoms with E-state index in [1.165, 1.54) is 13.8 Å². The standard InChI is InChI=1S/2C6H10O2.CH4/c1-5(4-7)3-6(2)8;1-5(3-4-7)6(2)8;/h2*4-5H,3H2,1-2H3;1H4. The minimum atomic E-state index is -0.104. The van der Waals surface area contributed by atoms with E-state index in [2.05, 4.69) is 0 Å². The monoisotopic (exact) mass is 244 g/mol. The average Bonchev–Trinajstić information content (AvgIpc) is 2.18. The number of hydrogen-bond donors (Lipinski definition) is 0. The molecule has 0 aliphatic carbocycles. The van der Waals surface area contributed by atoms with Gasteiger partial charge in [-0.25, -0.2) is 0 Å². The third kappa shape index (κ3) is 17.3. The summed E-state index contributed by atoms with van der Waals surface area (Å²) in [5, 5.41) is 0. The van der Waals surface area contributed by atoms with Crippen molar-refractivity contribution < 1.29 is 19.2 Å². The Morgan fingerprint density at radius 3 is 1.71 bits per heavy atom. The third-order valence-electron chi connectivity index (χ3n) is 1.99. The van der Waals surface area contributed by atoms with Gasteiger partial charge in [0.1, 0.15) is 24.1 Å². The highest BCUT2D eigenvalue weighted by Crippen LogP contribution is 1.98. The van der Waals surface area contributed by atoms with Crippen LogP contribution in [0.2, 0.25) is 0 Å². The molecule has 0 heterocycles. The maximum Gasteiger partial charge on any atom is 0.133 e. The Kier molecular flexibility index (Phi) is 15.8. The van der Waals surface area contributed by atoms with Gasteiger partial charge in [0, 0.05) is 24.7 Å². The van der Waals surface area contributed by atoms with Gasteiger partial charge < -0.3 is 14.4 Å². The fourth-order valence-corrected chi connectivity index (χ4v) is 0.812. The zero-order chi connectivity index (χ0) is 13.1. The molecule has 0 saturated carbocycles. The summed E-state index contributed by atoms with van der Waals surface area (Å²) in [6, 6.07) is 0. The number of Topliss-reactive ketones (excluding diaryl/α,β-unsaturated/α-hetero) is 2. The third-order valence-corrected chi connectivity index (χ3v) is 1.99. The highest BCUT2D eigenvalue weighted by Gasteiger charge is 2.04. The molecule has 0 aromatic heterocycles. The van der Waals surface area contributed by atoms with Crippen LogP contribution in [0.4, 0.5) is 0 Å². The van der Waals surface area contributed by atoms with Crippen LogP contribution >= 0.6 is 0 Å². The first-order valence-electron chi connectivity index (χ1n) is 5.23. The molecule has 0 N–H and O–H groups in total. The maximum absolute atomic E-state index is 10.4. The van der Waals surface area contributed by atoms with Crippen LogP contribution in [-0.4, -0.2) is 24.1 Å². The van der Waals surface area contributed by atoms with Gasteiger partial charge in [-0.15, -0.1) is 0 Å². The number of carbonyl (C=O) groups is 4. The fourth-order valence-electron chi connectivity index (χ4n) is 0.812. The molecule has 4 heteroatoms. The molecule has 2 unspecified atom stereocenters. The zero-order valence-corrected chi connectivity index (χ0v) is 10.4. The van der Waals surface area contributed by atoms with Crippen molar-refractivity contribution in [1.82, 2.24) is 0 Å². The summed E-state index contributed by atoms with van der Waals surface area (Å²) in [7, 11) is 0. The molecule has 0 aliphatic rings. The molecule has 0 aliphatic heterocycles. The SMILES string of the molecule is C.CC(=O)C(C)CC=O.CC(=O)CC(C)C=O. The second-order valence-electron chi connectivity index (χ2n) is 3.93. The van der Waals surface area contributed by atoms with Crippen LogP contribution in [0, 0.1) is 11.8 Å². The predicted octanol–water partition coefficient (Wildman–Crippen LogP) is 2.24. The van der Waals surface area contributed by atoms with E-state index in [0.29, 0.717) is 12.8 Å². The molecule has 0 bridgehead atoms. The molecule has 0 aromatic carbocycles. The summed E-state index contributed by atoms with van der Waals surface area (Å²) in [5.41, 5.74) is 0. The quantitative estimate of drug-likeness (QED) is 0.672. The molecule has 17 heavy (non-hydrogen) atoms. The van der Waals surface area contributed by atoms with Crippen LogP contribution in [0.25, 0.3) is 0 Å². The molecule has 0 saturated heterocycles. The smallest absolute Gasteiger partial charge is 0.133 e. The first kappa shape index (κ1) is 21.0. The number of aldehydes is 2. The molecular weight excluding hydrogens is 220 g/mol. The topological polar surface area (TPSA) is 68.3 Å². The normalized spacial score (nSPS) is 12.0. The van der Waals surface area contributed by atoms with Crippen LogP contribution in [0.5, 0.6) is 0 Å². The minimum absolute atomic E-state index is 0. The lowest BCUT2D eigenvalue weighted by molar-refractivity contribution is -0.122. The maximum atomic E-state index is 10.4. The van der Waals surface area contributed by atoms with Gasteiger partial charge in [-0.05, 0) is 13.8 Å². The highest BCUT2D eigenvalue weighted by atomic mass is 16.1. The van der Waals surface area contributed by atoms with Crippen LogP contribution < -0.4 is 0 Å². The Morgan fingerprint density at radius 1 is 1.12 bits per heavy atom. The number of ketones is 2. The van der Waals surface area contributed by atoms with E-state index >= 15 is 0 Å². The van der Waals surface area contributed by atoms with Crippen molar-refractivity contribution in [3.63, 3.8) is 0 Å². The van der Waals surface area contributed by atoms with E-state index in [1.54, 1.807) is 13.8 Å². The molecule has 2 atom stereocenters. The van der Waals surface area contributed by atoms with E-state index < -0.39 is 0 Å². The van der Waals surface area contributed by atoms with E-state index in [-0.39, 0.29) is 30.8 Å². The van der Waals surface area contributed by atoms with E-state index in [0.717, 1.165) is 12.6 Å². The Labute approximate surface area is 104 Å². The van der Waals surface area contributed by atoms with Gasteiger partial charge in [0.2, 0.25) is 0 Å². The second kappa shape index (κ2) is 12.7. The van der Waals surface area contributed by atoms with Gasteiger partial charge in [0.25, 0.3) is 0 Å². The van der Waals surface area contributed by atoms with Gasteiger partial charge >= 0.3 is 0 Å². The second-order valence-corrected chi connectivity index (χ2v) is 3.93. The van der Waals surface area contributed by atoms with Crippen molar-refractivity contribution in [2.75, 3.05) is 0 Å². The molecule has 0 fully saturated rings. The van der Waals surface area contributed by atoms with Crippen molar-refractivity contribution in [3.8, 4) is 0 Å². The Morgan fingerprint density at radius 2 is 1.59 bits per heavy atom. The summed E-state index contributed by atoms with van der Waals surface area (Å²) in [5.74, 6) is -0.0401. The van der Waals surface area contributed by atoms with Gasteiger partial charge in [0.15, 0.2) is 0 Å². The average molecular weight is 244 g/mol. The Balaban J connectivity index is -0.000000218. The van der Waals surface area contributed by atoms with E-state index in [1.807, 2.05) is 0 Å². The lowest BCUT2D eigenvalue weighted by Gasteiger charge is -1.97. The van der Waals surface area contributed by atoms with Crippen molar-refractivity contribution >= 4 is 24.1 Å². The molecule has 100 valence electrons. The lowest BCUT2D eigenvalue weighted by Crippen LogP contribution is -2.05. The van der Waals surface area contributed by atoms with Crippen molar-refractivity contribution in [1.29, 1.82) is 0 Å². The molecular formula is C13H24O4. The summed E-state index contributed by atoms with van der Waals surface area (Å²) in [6.07, 6.45) is 2.30. The van der Waals surface area contributed by atoms with Crippen molar-refractivity contribution in [3.05, 3.63) is 0 Å². The summed E-state index contributed by atoms with van der Waals surface area (Å²) >= 11 is 0. The molecule has 0 amide bonds. The van der Waals surface area contributed by atoms with Gasteiger partial charge in [-0.1, -0.05) is 21.3 Å². The van der Waals surface area contributed by atoms with Crippen LogP contribution in [-0.2, 0) is 19.2 Å². The van der Waals surface area contributed by atoms with Crippen molar-refractivity contribution in [2.45, 2.75) is 48.0 Å². The predicted molar refractivity (Wildman–Crippen MR) is 67.8 cm³/mol. The Bertz CT molecular complexity index is 246. The molecule has 0 radical (unpaired) electrons. The number of rotatable bonds is 6.